The van der Waals surface area contributed by atoms with Crippen LogP contribution in [0.1, 0.15) is 15.3 Å². The first kappa shape index (κ1) is 16.3. The molecule has 18 heavy (non-hydrogen) atoms. The predicted molar refractivity (Wildman–Crippen MR) is 64.0 cm³/mol. The van der Waals surface area contributed by atoms with E-state index in [9.17, 15) is 26.3 Å². The number of thiophene rings is 1. The van der Waals surface area contributed by atoms with E-state index in [2.05, 4.69) is 31.9 Å². The van der Waals surface area contributed by atoms with Crippen molar-refractivity contribution in [3.05, 3.63) is 20.3 Å². The van der Waals surface area contributed by atoms with E-state index in [1.165, 1.54) is 6.07 Å². The van der Waals surface area contributed by atoms with Gasteiger partial charge in [0.05, 0.1) is 8.61 Å². The van der Waals surface area contributed by atoms with Crippen LogP contribution >= 0.6 is 43.2 Å². The molecular formula is C9H6Br2F6S. The van der Waals surface area contributed by atoms with Crippen LogP contribution < -0.4 is 0 Å². The molecule has 0 aliphatic heterocycles. The molecule has 0 radical (unpaired) electrons. The largest absolute Gasteiger partial charge is 0.401 e. The Morgan fingerprint density at radius 1 is 1.11 bits per heavy atom. The van der Waals surface area contributed by atoms with Crippen LogP contribution in [0.3, 0.4) is 0 Å². The van der Waals surface area contributed by atoms with Crippen molar-refractivity contribution in [3.8, 4) is 0 Å². The van der Waals surface area contributed by atoms with Gasteiger partial charge in [-0.3, -0.25) is 0 Å². The Hall–Kier alpha value is 0.240. The Kier molecular flexibility index (Phi) is 4.81. The maximum atomic E-state index is 12.5. The Bertz CT molecular complexity index is 388. The van der Waals surface area contributed by atoms with Crippen molar-refractivity contribution in [2.24, 2.45) is 5.92 Å². The zero-order valence-electron chi connectivity index (χ0n) is 8.66. The lowest BCUT2D eigenvalue weighted by molar-refractivity contribution is -0.283. The molecule has 0 saturated heterocycles. The fourth-order valence-electron chi connectivity index (χ4n) is 1.30. The maximum Gasteiger partial charge on any atom is 0.401 e. The Balaban J connectivity index is 3.15. The number of hydrogen-bond acceptors (Lipinski definition) is 1. The maximum absolute atomic E-state index is 12.5. The lowest BCUT2D eigenvalue weighted by Gasteiger charge is -2.26. The van der Waals surface area contributed by atoms with Crippen molar-refractivity contribution in [2.45, 2.75) is 24.1 Å². The number of rotatable bonds is 2. The number of alkyl halides is 7. The summed E-state index contributed by atoms with van der Waals surface area (Å²) in [7, 11) is 0. The van der Waals surface area contributed by atoms with Gasteiger partial charge in [-0.2, -0.15) is 26.3 Å². The van der Waals surface area contributed by atoms with Crippen molar-refractivity contribution >= 4 is 43.2 Å². The molecule has 0 saturated carbocycles. The Morgan fingerprint density at radius 3 is 1.83 bits per heavy atom. The van der Waals surface area contributed by atoms with Gasteiger partial charge in [0.2, 0.25) is 0 Å². The van der Waals surface area contributed by atoms with Gasteiger partial charge in [-0.25, -0.2) is 0 Å². The van der Waals surface area contributed by atoms with Crippen LogP contribution in [0.2, 0.25) is 0 Å². The van der Waals surface area contributed by atoms with Gasteiger partial charge >= 0.3 is 12.4 Å². The summed E-state index contributed by atoms with van der Waals surface area (Å²) < 4.78 is 75.5. The number of halogens is 8. The van der Waals surface area contributed by atoms with Crippen LogP contribution in [-0.4, -0.2) is 12.4 Å². The molecule has 0 spiro atoms. The Labute approximate surface area is 120 Å². The van der Waals surface area contributed by atoms with Crippen LogP contribution in [0.4, 0.5) is 26.3 Å². The molecular weight excluding hydrogens is 414 g/mol. The van der Waals surface area contributed by atoms with E-state index in [-0.39, 0.29) is 4.88 Å². The van der Waals surface area contributed by atoms with Gasteiger partial charge < -0.3 is 0 Å². The highest BCUT2D eigenvalue weighted by atomic mass is 79.9. The lowest BCUT2D eigenvalue weighted by atomic mass is 10.0. The fourth-order valence-corrected chi connectivity index (χ4v) is 3.90. The van der Waals surface area contributed by atoms with E-state index in [0.29, 0.717) is 9.35 Å². The third kappa shape index (κ3) is 3.63. The monoisotopic (exact) mass is 418 g/mol. The standard InChI is InChI=1S/C9H6Br2F6S/c1-3-2-4(18-7(3)11)5(10)6(8(12,13)14)9(15,16)17/h2,5-6H,1H3. The topological polar surface area (TPSA) is 0 Å². The lowest BCUT2D eigenvalue weighted by Crippen LogP contribution is -2.39. The highest BCUT2D eigenvalue weighted by molar-refractivity contribution is 9.11. The zero-order chi connectivity index (χ0) is 14.3. The van der Waals surface area contributed by atoms with Gasteiger partial charge in [-0.05, 0) is 34.5 Å². The summed E-state index contributed by atoms with van der Waals surface area (Å²) in [6, 6.07) is 1.30. The molecule has 1 atom stereocenters. The molecule has 1 rings (SSSR count). The molecule has 0 amide bonds. The summed E-state index contributed by atoms with van der Waals surface area (Å²) in [5.74, 6) is -3.42. The smallest absolute Gasteiger partial charge is 0.170 e. The molecule has 1 unspecified atom stereocenters. The highest BCUT2D eigenvalue weighted by Crippen LogP contribution is 2.51. The molecule has 0 fully saturated rings. The normalized spacial score (nSPS) is 15.2. The molecule has 0 N–H and O–H groups in total. The van der Waals surface area contributed by atoms with Crippen molar-refractivity contribution in [1.82, 2.24) is 0 Å². The van der Waals surface area contributed by atoms with Gasteiger partial charge in [0.1, 0.15) is 0 Å². The van der Waals surface area contributed by atoms with Crippen LogP contribution in [0.5, 0.6) is 0 Å². The van der Waals surface area contributed by atoms with Crippen LogP contribution in [0, 0.1) is 12.8 Å². The first-order valence-corrected chi connectivity index (χ1v) is 7.00. The minimum Gasteiger partial charge on any atom is -0.170 e. The second-order valence-electron chi connectivity index (χ2n) is 3.57. The van der Waals surface area contributed by atoms with Crippen molar-refractivity contribution in [2.75, 3.05) is 0 Å². The average molecular weight is 420 g/mol. The van der Waals surface area contributed by atoms with Gasteiger partial charge in [0.25, 0.3) is 0 Å². The predicted octanol–water partition coefficient (Wildman–Crippen LogP) is 6.00. The molecule has 104 valence electrons. The zero-order valence-corrected chi connectivity index (χ0v) is 12.7. The van der Waals surface area contributed by atoms with Crippen molar-refractivity contribution in [3.63, 3.8) is 0 Å². The van der Waals surface area contributed by atoms with Gasteiger partial charge in [-0.1, -0.05) is 15.9 Å². The first-order chi connectivity index (χ1) is 7.94. The molecule has 1 aromatic heterocycles. The van der Waals surface area contributed by atoms with E-state index in [0.717, 1.165) is 11.3 Å². The first-order valence-electron chi connectivity index (χ1n) is 4.48. The van der Waals surface area contributed by atoms with E-state index < -0.39 is 23.1 Å². The highest BCUT2D eigenvalue weighted by Gasteiger charge is 2.60. The quantitative estimate of drug-likeness (QED) is 0.407. The summed E-state index contributed by atoms with van der Waals surface area (Å²) in [6.45, 7) is 1.60. The minimum atomic E-state index is -5.35. The number of aryl methyl sites for hydroxylation is 1. The second-order valence-corrected chi connectivity index (χ2v) is 6.96. The van der Waals surface area contributed by atoms with E-state index in [1.54, 1.807) is 6.92 Å². The van der Waals surface area contributed by atoms with Gasteiger partial charge in [-0.15, -0.1) is 11.3 Å². The molecule has 0 aliphatic carbocycles. The molecule has 1 aromatic rings. The summed E-state index contributed by atoms with van der Waals surface area (Å²) in [5.41, 5.74) is 0.600. The molecule has 0 nitrogen and oxygen atoms in total. The molecule has 9 heteroatoms. The number of hydrogen-bond donors (Lipinski definition) is 0. The van der Waals surface area contributed by atoms with Crippen molar-refractivity contribution in [1.29, 1.82) is 0 Å². The summed E-state index contributed by atoms with van der Waals surface area (Å²) in [6.07, 6.45) is -10.7. The Morgan fingerprint density at radius 2 is 1.56 bits per heavy atom. The molecule has 0 bridgehead atoms. The van der Waals surface area contributed by atoms with Crippen LogP contribution in [0.15, 0.2) is 9.85 Å². The van der Waals surface area contributed by atoms with E-state index in [1.807, 2.05) is 0 Å². The fraction of sp³-hybridized carbons (Fsp3) is 0.556. The SMILES string of the molecule is Cc1cc(C(Br)C(C(F)(F)F)C(F)(F)F)sc1Br. The molecule has 0 aromatic carbocycles. The van der Waals surface area contributed by atoms with E-state index in [4.69, 9.17) is 0 Å². The van der Waals surface area contributed by atoms with Crippen LogP contribution in [-0.2, 0) is 0 Å². The molecule has 1 heterocycles. The third-order valence-electron chi connectivity index (χ3n) is 2.15. The van der Waals surface area contributed by atoms with Gasteiger partial charge in [0, 0.05) is 4.88 Å². The average Bonchev–Trinajstić information content (AvgIpc) is 2.41. The van der Waals surface area contributed by atoms with Gasteiger partial charge in [0.15, 0.2) is 5.92 Å². The summed E-state index contributed by atoms with van der Waals surface area (Å²) in [5, 5.41) is 0. The summed E-state index contributed by atoms with van der Waals surface area (Å²) in [4.78, 5) is -1.86. The van der Waals surface area contributed by atoms with Crippen LogP contribution in [0.25, 0.3) is 0 Å². The molecule has 0 aliphatic rings. The second kappa shape index (κ2) is 5.32. The van der Waals surface area contributed by atoms with Crippen molar-refractivity contribution < 1.29 is 26.3 Å². The van der Waals surface area contributed by atoms with E-state index >= 15 is 0 Å². The third-order valence-corrected chi connectivity index (χ3v) is 5.69. The minimum absolute atomic E-state index is 0.0148. The summed E-state index contributed by atoms with van der Waals surface area (Å²) >= 11 is 6.44.